The van der Waals surface area contributed by atoms with Crippen LogP contribution in [0, 0.1) is 0 Å². The third-order valence-electron chi connectivity index (χ3n) is 6.40. The average Bonchev–Trinajstić information content (AvgIpc) is 3.12. The number of halogens is 1. The number of aromatic nitrogens is 2. The molecule has 2 aromatic carbocycles. The lowest BCUT2D eigenvalue weighted by molar-refractivity contribution is -0.142. The highest BCUT2D eigenvalue weighted by atomic mass is 31.2. The molecule has 0 bridgehead atoms. The molecule has 3 aromatic rings. The number of ether oxygens (including phenoxy) is 2. The highest BCUT2D eigenvalue weighted by Crippen LogP contribution is 2.50. The maximum atomic E-state index is 15.7. The van der Waals surface area contributed by atoms with Gasteiger partial charge in [-0.25, -0.2) is 13.8 Å². The fourth-order valence-electron chi connectivity index (χ4n) is 4.36. The van der Waals surface area contributed by atoms with Crippen molar-refractivity contribution in [2.75, 3.05) is 12.8 Å². The zero-order valence-electron chi connectivity index (χ0n) is 21.7. The molecule has 0 spiro atoms. The number of nitrogens with zero attached hydrogens (tertiary/aromatic N) is 2. The molecule has 0 radical (unpaired) electrons. The Hall–Kier alpha value is -3.35. The molecule has 0 aliphatic carbocycles. The molecule has 7 atom stereocenters. The number of rotatable bonds is 9. The molecule has 4 rings (SSSR count). The summed E-state index contributed by atoms with van der Waals surface area (Å²) >= 11 is 0. The molecule has 1 saturated heterocycles. The van der Waals surface area contributed by atoms with Crippen LogP contribution in [-0.2, 0) is 23.4 Å². The van der Waals surface area contributed by atoms with Crippen molar-refractivity contribution in [1.82, 2.24) is 14.6 Å². The number of esters is 1. The van der Waals surface area contributed by atoms with Crippen molar-refractivity contribution in [1.29, 1.82) is 0 Å². The number of hydrogen-bond donors (Lipinski definition) is 3. The van der Waals surface area contributed by atoms with Gasteiger partial charge in [0.05, 0.1) is 13.2 Å². The Bertz CT molecular complexity index is 1460. The van der Waals surface area contributed by atoms with Crippen molar-refractivity contribution in [3.05, 3.63) is 65.2 Å². The van der Waals surface area contributed by atoms with Gasteiger partial charge in [-0.2, -0.15) is 10.1 Å². The molecule has 1 aromatic heterocycles. The second-order valence-corrected chi connectivity index (χ2v) is 11.0. The molecule has 210 valence electrons. The lowest BCUT2D eigenvalue weighted by Crippen LogP contribution is -2.45. The maximum Gasteiger partial charge on any atom is 0.459 e. The first kappa shape index (κ1) is 28.7. The van der Waals surface area contributed by atoms with Crippen molar-refractivity contribution >= 4 is 30.3 Å². The molecule has 1 unspecified atom stereocenters. The van der Waals surface area contributed by atoms with Crippen LogP contribution in [0.4, 0.5) is 10.2 Å². The molecule has 1 fully saturated rings. The van der Waals surface area contributed by atoms with Crippen LogP contribution in [0.1, 0.15) is 27.0 Å². The second kappa shape index (κ2) is 11.0. The minimum atomic E-state index is -4.42. The van der Waals surface area contributed by atoms with E-state index in [1.807, 2.05) is 18.2 Å². The summed E-state index contributed by atoms with van der Waals surface area (Å²) in [5.74, 6) is -0.619. The Kier molecular flexibility index (Phi) is 8.10. The van der Waals surface area contributed by atoms with E-state index in [0.29, 0.717) is 5.39 Å². The molecule has 0 saturated carbocycles. The molecule has 4 N–H and O–H groups in total. The minimum absolute atomic E-state index is 0.0686. The lowest BCUT2D eigenvalue weighted by Gasteiger charge is -2.29. The second-order valence-electron chi connectivity index (χ2n) is 9.34. The molecule has 14 heteroatoms. The van der Waals surface area contributed by atoms with Crippen molar-refractivity contribution in [3.8, 4) is 5.75 Å². The van der Waals surface area contributed by atoms with E-state index in [2.05, 4.69) is 10.1 Å². The Labute approximate surface area is 223 Å². The maximum absolute atomic E-state index is 15.7. The summed E-state index contributed by atoms with van der Waals surface area (Å²) in [6, 6.07) is 12.4. The van der Waals surface area contributed by atoms with Gasteiger partial charge in [0.1, 0.15) is 29.8 Å². The van der Waals surface area contributed by atoms with Crippen LogP contribution in [0.3, 0.4) is 0 Å². The number of hydrogen-bond acceptors (Lipinski definition) is 10. The number of anilines is 1. The molecule has 1 aliphatic rings. The van der Waals surface area contributed by atoms with E-state index in [0.717, 1.165) is 16.9 Å². The van der Waals surface area contributed by atoms with Gasteiger partial charge in [0, 0.05) is 11.6 Å². The van der Waals surface area contributed by atoms with Crippen LogP contribution >= 0.6 is 7.75 Å². The predicted octanol–water partition coefficient (Wildman–Crippen LogP) is 2.71. The summed E-state index contributed by atoms with van der Waals surface area (Å²) in [7, 11) is -3.25. The number of carbonyl (C=O) groups is 1. The Morgan fingerprint density at radius 3 is 2.64 bits per heavy atom. The number of aliphatic hydroxyl groups is 1. The van der Waals surface area contributed by atoms with Crippen LogP contribution in [0.5, 0.6) is 5.75 Å². The monoisotopic (exact) mass is 564 g/mol. The number of alkyl halides is 1. The zero-order valence-corrected chi connectivity index (χ0v) is 22.6. The first-order valence-electron chi connectivity index (χ1n) is 12.0. The summed E-state index contributed by atoms with van der Waals surface area (Å²) < 4.78 is 52.7. The van der Waals surface area contributed by atoms with E-state index in [9.17, 15) is 19.3 Å². The van der Waals surface area contributed by atoms with Gasteiger partial charge in [0.2, 0.25) is 0 Å². The summed E-state index contributed by atoms with van der Waals surface area (Å²) in [6.45, 7) is 3.84. The molecule has 1 aliphatic heterocycles. The van der Waals surface area contributed by atoms with Gasteiger partial charge in [-0.15, -0.1) is 0 Å². The topological polar surface area (TPSA) is 164 Å². The van der Waals surface area contributed by atoms with Crippen LogP contribution in [-0.4, -0.2) is 57.8 Å². The Balaban J connectivity index is 1.64. The summed E-state index contributed by atoms with van der Waals surface area (Å²) in [4.78, 5) is 28.0. The van der Waals surface area contributed by atoms with Gasteiger partial charge in [-0.05, 0) is 38.3 Å². The van der Waals surface area contributed by atoms with Gasteiger partial charge >= 0.3 is 19.4 Å². The fraction of sp³-hybridized carbons (Fsp3) is 0.400. The van der Waals surface area contributed by atoms with Crippen LogP contribution < -0.4 is 21.0 Å². The minimum Gasteiger partial charge on any atom is -0.468 e. The lowest BCUT2D eigenvalue weighted by atomic mass is 9.96. The quantitative estimate of drug-likeness (QED) is 0.259. The number of fused-ring (bicyclic) bond motifs is 1. The third kappa shape index (κ3) is 5.82. The third-order valence-corrected chi connectivity index (χ3v) is 8.16. The van der Waals surface area contributed by atoms with Crippen LogP contribution in [0.15, 0.2) is 59.5 Å². The van der Waals surface area contributed by atoms with Gasteiger partial charge in [-0.1, -0.05) is 36.4 Å². The zero-order chi connectivity index (χ0) is 28.5. The molecule has 39 heavy (non-hydrogen) atoms. The number of methoxy groups -OCH3 is 1. The number of benzene rings is 2. The standard InChI is InChI=1S/C25H30FN4O8P/c1-14(22(32)35-4)29-39(34,38-18-11-7-9-16-8-5-6-10-17(16)18)37-15(2)20-21(31)25(3,26)23(36-20)30-13-12-19(27)28-24(30)33/h5-15,20-21,23,31H,1-4H3,(H,29,34)(H2,27,28,33)/t14-,15+,20+,21+,23+,25+,39?/m0/s1. The Morgan fingerprint density at radius 2 is 1.95 bits per heavy atom. The molecule has 2 heterocycles. The van der Waals surface area contributed by atoms with E-state index in [4.69, 9.17) is 24.3 Å². The first-order valence-corrected chi connectivity index (χ1v) is 13.6. The molecule has 12 nitrogen and oxygen atoms in total. The largest absolute Gasteiger partial charge is 0.468 e. The Morgan fingerprint density at radius 1 is 1.26 bits per heavy atom. The van der Waals surface area contributed by atoms with Crippen molar-refractivity contribution in [3.63, 3.8) is 0 Å². The van der Waals surface area contributed by atoms with Crippen molar-refractivity contribution in [2.24, 2.45) is 0 Å². The normalized spacial score (nSPS) is 26.1. The molecule has 0 amide bonds. The number of nitrogens with two attached hydrogens (primary N) is 1. The van der Waals surface area contributed by atoms with E-state index in [1.165, 1.54) is 33.2 Å². The number of nitrogen functional groups attached to an aromatic ring is 1. The number of aliphatic hydroxyl groups excluding tert-OH is 1. The van der Waals surface area contributed by atoms with Gasteiger partial charge in [-0.3, -0.25) is 13.9 Å². The van der Waals surface area contributed by atoms with E-state index >= 15 is 4.39 Å². The predicted molar refractivity (Wildman–Crippen MR) is 140 cm³/mol. The SMILES string of the molecule is COC(=O)[C@H](C)NP(=O)(Oc1cccc2ccccc12)O[C@H](C)[C@H]1O[C@@H](n2ccc(N)nc2=O)[C@](C)(F)[C@@H]1O. The van der Waals surface area contributed by atoms with E-state index in [-0.39, 0.29) is 11.6 Å². The van der Waals surface area contributed by atoms with Crippen LogP contribution in [0.25, 0.3) is 10.8 Å². The van der Waals surface area contributed by atoms with Crippen molar-refractivity contribution < 1.29 is 37.4 Å². The van der Waals surface area contributed by atoms with E-state index in [1.54, 1.807) is 24.3 Å². The molecular formula is C25H30FN4O8P. The van der Waals surface area contributed by atoms with Crippen molar-refractivity contribution in [2.45, 2.75) is 57.0 Å². The van der Waals surface area contributed by atoms with Gasteiger partial charge < -0.3 is 24.8 Å². The average molecular weight is 565 g/mol. The van der Waals surface area contributed by atoms with Gasteiger partial charge in [0.25, 0.3) is 0 Å². The van der Waals surface area contributed by atoms with Gasteiger partial charge in [0.15, 0.2) is 11.9 Å². The van der Waals surface area contributed by atoms with E-state index < -0.39 is 55.7 Å². The highest BCUT2D eigenvalue weighted by molar-refractivity contribution is 7.52. The summed E-state index contributed by atoms with van der Waals surface area (Å²) in [5, 5.41) is 14.8. The summed E-state index contributed by atoms with van der Waals surface area (Å²) in [6.07, 6.45) is -4.89. The number of carbonyl (C=O) groups excluding carboxylic acids is 1. The van der Waals surface area contributed by atoms with Crippen LogP contribution in [0.2, 0.25) is 0 Å². The first-order chi connectivity index (χ1) is 18.4. The highest BCUT2D eigenvalue weighted by Gasteiger charge is 2.57. The molecular weight excluding hydrogens is 534 g/mol. The number of nitrogens with one attached hydrogen (secondary N) is 1. The smallest absolute Gasteiger partial charge is 0.459 e. The fourth-order valence-corrected chi connectivity index (χ4v) is 6.07. The summed E-state index contributed by atoms with van der Waals surface area (Å²) in [5.41, 5.74) is 2.16.